The Morgan fingerprint density at radius 2 is 0.773 bits per heavy atom. The molecule has 0 aromatic carbocycles. The van der Waals surface area contributed by atoms with E-state index in [1.165, 1.54) is 51.4 Å². The Morgan fingerprint density at radius 3 is 1.05 bits per heavy atom. The minimum Gasteiger partial charge on any atom is -0.375 e. The molecule has 2 aliphatic heterocycles. The zero-order valence-electron chi connectivity index (χ0n) is 15.4. The van der Waals surface area contributed by atoms with Crippen LogP contribution in [-0.4, -0.2) is 25.4 Å². The minimum absolute atomic E-state index is 0.388. The monoisotopic (exact) mass is 310 g/mol. The van der Waals surface area contributed by atoms with Crippen molar-refractivity contribution in [1.29, 1.82) is 0 Å². The number of hydrogen-bond donors (Lipinski definition) is 0. The molecule has 2 nitrogen and oxygen atoms in total. The highest BCUT2D eigenvalue weighted by atomic mass is 16.5. The van der Waals surface area contributed by atoms with Gasteiger partial charge in [-0.15, -0.1) is 0 Å². The molecule has 4 unspecified atom stereocenters. The zero-order valence-corrected chi connectivity index (χ0v) is 15.4. The van der Waals surface area contributed by atoms with Crippen molar-refractivity contribution in [1.82, 2.24) is 0 Å². The molecule has 130 valence electrons. The summed E-state index contributed by atoms with van der Waals surface area (Å²) >= 11 is 0. The van der Waals surface area contributed by atoms with Crippen molar-refractivity contribution in [2.24, 2.45) is 23.7 Å². The van der Waals surface area contributed by atoms with Crippen molar-refractivity contribution in [3.63, 3.8) is 0 Å². The van der Waals surface area contributed by atoms with Gasteiger partial charge in [0.25, 0.3) is 0 Å². The SMILES string of the molecule is CC1CCC(C)CC1.CC1CCC(C2CCC(C)CO2)OC1. The van der Waals surface area contributed by atoms with Gasteiger partial charge in [0.2, 0.25) is 0 Å². The highest BCUT2D eigenvalue weighted by Gasteiger charge is 2.30. The molecule has 4 atom stereocenters. The molecule has 3 aliphatic rings. The number of ether oxygens (including phenoxy) is 2. The molecule has 3 fully saturated rings. The van der Waals surface area contributed by atoms with Crippen molar-refractivity contribution in [2.45, 2.75) is 91.3 Å². The standard InChI is InChI=1S/C12H22O2.C8H16/c1-9-3-5-11(13-7-9)12-6-4-10(2)8-14-12;1-7-3-5-8(2)6-4-7/h9-12H,3-8H2,1-2H3;7-8H,3-6H2,1-2H3. The van der Waals surface area contributed by atoms with Crippen molar-refractivity contribution >= 4 is 0 Å². The maximum absolute atomic E-state index is 5.84. The van der Waals surface area contributed by atoms with E-state index in [1.807, 2.05) is 0 Å². The fourth-order valence-corrected chi connectivity index (χ4v) is 3.82. The molecule has 0 bridgehead atoms. The highest BCUT2D eigenvalue weighted by Crippen LogP contribution is 2.28. The summed E-state index contributed by atoms with van der Waals surface area (Å²) in [5, 5.41) is 0. The normalized spacial score (nSPS) is 43.1. The van der Waals surface area contributed by atoms with Crippen LogP contribution in [0.3, 0.4) is 0 Å². The summed E-state index contributed by atoms with van der Waals surface area (Å²) in [6.45, 7) is 11.1. The third-order valence-electron chi connectivity index (χ3n) is 5.80. The van der Waals surface area contributed by atoms with Gasteiger partial charge in [-0.3, -0.25) is 0 Å². The third-order valence-corrected chi connectivity index (χ3v) is 5.80. The van der Waals surface area contributed by atoms with Gasteiger partial charge in [0, 0.05) is 13.2 Å². The summed E-state index contributed by atoms with van der Waals surface area (Å²) < 4.78 is 11.7. The smallest absolute Gasteiger partial charge is 0.0836 e. The van der Waals surface area contributed by atoms with Crippen LogP contribution in [0.25, 0.3) is 0 Å². The van der Waals surface area contributed by atoms with Gasteiger partial charge in [0.15, 0.2) is 0 Å². The lowest BCUT2D eigenvalue weighted by atomic mass is 9.84. The van der Waals surface area contributed by atoms with E-state index in [1.54, 1.807) is 0 Å². The van der Waals surface area contributed by atoms with E-state index in [0.717, 1.165) is 36.9 Å². The summed E-state index contributed by atoms with van der Waals surface area (Å²) in [6.07, 6.45) is 11.7. The van der Waals surface area contributed by atoms with Gasteiger partial charge in [0.05, 0.1) is 12.2 Å². The lowest BCUT2D eigenvalue weighted by molar-refractivity contribution is -0.127. The Kier molecular flexibility index (Phi) is 7.70. The molecule has 0 N–H and O–H groups in total. The average Bonchev–Trinajstić information content (AvgIpc) is 2.53. The fourth-order valence-electron chi connectivity index (χ4n) is 3.82. The van der Waals surface area contributed by atoms with Crippen molar-refractivity contribution in [2.75, 3.05) is 13.2 Å². The molecule has 0 radical (unpaired) electrons. The van der Waals surface area contributed by atoms with Gasteiger partial charge in [0.1, 0.15) is 0 Å². The fraction of sp³-hybridized carbons (Fsp3) is 1.00. The first-order valence-corrected chi connectivity index (χ1v) is 9.77. The summed E-state index contributed by atoms with van der Waals surface area (Å²) in [6, 6.07) is 0. The van der Waals surface area contributed by atoms with E-state index < -0.39 is 0 Å². The maximum atomic E-state index is 5.84. The van der Waals surface area contributed by atoms with Crippen LogP contribution in [0, 0.1) is 23.7 Å². The summed E-state index contributed by atoms with van der Waals surface area (Å²) in [4.78, 5) is 0. The predicted octanol–water partition coefficient (Wildman–Crippen LogP) is 5.45. The van der Waals surface area contributed by atoms with E-state index in [9.17, 15) is 0 Å². The zero-order chi connectivity index (χ0) is 15.9. The first-order chi connectivity index (χ1) is 10.5. The maximum Gasteiger partial charge on any atom is 0.0836 e. The molecule has 2 saturated heterocycles. The van der Waals surface area contributed by atoms with Gasteiger partial charge in [-0.1, -0.05) is 53.4 Å². The van der Waals surface area contributed by atoms with Gasteiger partial charge in [-0.2, -0.15) is 0 Å². The van der Waals surface area contributed by atoms with Crippen molar-refractivity contribution in [3.8, 4) is 0 Å². The molecule has 2 heteroatoms. The minimum atomic E-state index is 0.388. The van der Waals surface area contributed by atoms with Crippen LogP contribution in [0.4, 0.5) is 0 Å². The first kappa shape index (κ1) is 18.3. The van der Waals surface area contributed by atoms with Crippen molar-refractivity contribution in [3.05, 3.63) is 0 Å². The molecular formula is C20H38O2. The highest BCUT2D eigenvalue weighted by molar-refractivity contribution is 4.79. The van der Waals surface area contributed by atoms with E-state index in [0.29, 0.717) is 12.2 Å². The van der Waals surface area contributed by atoms with Crippen LogP contribution < -0.4 is 0 Å². The van der Waals surface area contributed by atoms with Crippen LogP contribution in [0.2, 0.25) is 0 Å². The third kappa shape index (κ3) is 6.20. The number of rotatable bonds is 1. The second kappa shape index (κ2) is 9.27. The van der Waals surface area contributed by atoms with Crippen LogP contribution in [0.1, 0.15) is 79.1 Å². The Balaban J connectivity index is 0.000000188. The largest absolute Gasteiger partial charge is 0.375 e. The molecular weight excluding hydrogens is 272 g/mol. The van der Waals surface area contributed by atoms with Crippen molar-refractivity contribution < 1.29 is 9.47 Å². The van der Waals surface area contributed by atoms with Crippen LogP contribution in [0.5, 0.6) is 0 Å². The van der Waals surface area contributed by atoms with Crippen LogP contribution in [-0.2, 0) is 9.47 Å². The topological polar surface area (TPSA) is 18.5 Å². The molecule has 0 spiro atoms. The first-order valence-electron chi connectivity index (χ1n) is 9.77. The van der Waals surface area contributed by atoms with Crippen LogP contribution >= 0.6 is 0 Å². The Labute approximate surface area is 138 Å². The Hall–Kier alpha value is -0.0800. The quantitative estimate of drug-likeness (QED) is 0.641. The summed E-state index contributed by atoms with van der Waals surface area (Å²) in [5.41, 5.74) is 0. The van der Waals surface area contributed by atoms with Gasteiger partial charge < -0.3 is 9.47 Å². The Bertz CT molecular complexity index is 250. The molecule has 22 heavy (non-hydrogen) atoms. The lowest BCUT2D eigenvalue weighted by Gasteiger charge is -2.36. The summed E-state index contributed by atoms with van der Waals surface area (Å²) in [5.74, 6) is 3.53. The Morgan fingerprint density at radius 1 is 0.455 bits per heavy atom. The van der Waals surface area contributed by atoms with Crippen LogP contribution in [0.15, 0.2) is 0 Å². The summed E-state index contributed by atoms with van der Waals surface area (Å²) in [7, 11) is 0. The molecule has 0 aromatic heterocycles. The molecule has 2 heterocycles. The second-order valence-electron chi connectivity index (χ2n) is 8.47. The van der Waals surface area contributed by atoms with E-state index in [2.05, 4.69) is 27.7 Å². The second-order valence-corrected chi connectivity index (χ2v) is 8.47. The van der Waals surface area contributed by atoms with Gasteiger partial charge >= 0.3 is 0 Å². The molecule has 1 aliphatic carbocycles. The van der Waals surface area contributed by atoms with Gasteiger partial charge in [-0.25, -0.2) is 0 Å². The predicted molar refractivity (Wildman–Crippen MR) is 93.1 cm³/mol. The van der Waals surface area contributed by atoms with E-state index in [-0.39, 0.29) is 0 Å². The molecule has 0 amide bonds. The molecule has 0 aromatic rings. The van der Waals surface area contributed by atoms with Gasteiger partial charge in [-0.05, 0) is 49.4 Å². The average molecular weight is 311 g/mol. The van der Waals surface area contributed by atoms with E-state index in [4.69, 9.17) is 9.47 Å². The molecule has 3 rings (SSSR count). The lowest BCUT2D eigenvalue weighted by Crippen LogP contribution is -2.39. The number of hydrogen-bond acceptors (Lipinski definition) is 2. The van der Waals surface area contributed by atoms with E-state index >= 15 is 0 Å². The molecule has 1 saturated carbocycles.